The Morgan fingerprint density at radius 1 is 1.26 bits per heavy atom. The molecule has 0 bridgehead atoms. The maximum atomic E-state index is 12.0. The van der Waals surface area contributed by atoms with Crippen LogP contribution in [0.2, 0.25) is 0 Å². The predicted octanol–water partition coefficient (Wildman–Crippen LogP) is 1.94. The van der Waals surface area contributed by atoms with E-state index < -0.39 is 0 Å². The lowest BCUT2D eigenvalue weighted by molar-refractivity contribution is -0.129. The van der Waals surface area contributed by atoms with Gasteiger partial charge in [0, 0.05) is 39.3 Å². The molecule has 0 spiro atoms. The van der Waals surface area contributed by atoms with Gasteiger partial charge in [0.15, 0.2) is 5.65 Å². The van der Waals surface area contributed by atoms with E-state index in [-0.39, 0.29) is 18.6 Å². The minimum absolute atomic E-state index is 0.105. The molecule has 2 aliphatic heterocycles. The zero-order valence-electron chi connectivity index (χ0n) is 19.7. The van der Waals surface area contributed by atoms with Crippen LogP contribution in [0.1, 0.15) is 30.9 Å². The minimum atomic E-state index is 0.105. The molecule has 10 nitrogen and oxygen atoms in total. The normalized spacial score (nSPS) is 18.3. The van der Waals surface area contributed by atoms with E-state index >= 15 is 0 Å². The van der Waals surface area contributed by atoms with Crippen LogP contribution in [0.25, 0.3) is 11.0 Å². The van der Waals surface area contributed by atoms with Crippen molar-refractivity contribution in [1.82, 2.24) is 29.5 Å². The van der Waals surface area contributed by atoms with Crippen molar-refractivity contribution in [1.29, 1.82) is 0 Å². The topological polar surface area (TPSA) is 109 Å². The number of anilines is 2. The Kier molecular flexibility index (Phi) is 6.34. The number of likely N-dealkylation sites (tertiary alicyclic amines) is 1. The number of nitrogens with zero attached hydrogens (tertiary/aromatic N) is 6. The number of benzene rings is 1. The Labute approximate surface area is 198 Å². The standard InChI is InChI=1S/C24H31N7O3/c1-16(33)30-6-3-4-20(30)15-31-23-19(13-26-31)12-25-24(28-23)27-21-10-18-14-29(8-9-32)7-5-17(18)11-22(21)34-2/h10-13,20,32H,3-9,14-15H2,1-2H3,(H,25,27,28)/t20-/m0/s1. The second-order valence-electron chi connectivity index (χ2n) is 9.00. The Morgan fingerprint density at radius 2 is 2.15 bits per heavy atom. The number of amides is 1. The van der Waals surface area contributed by atoms with Crippen molar-refractivity contribution in [3.8, 4) is 5.75 Å². The lowest BCUT2D eigenvalue weighted by Crippen LogP contribution is -2.36. The third-order valence-corrected chi connectivity index (χ3v) is 6.82. The van der Waals surface area contributed by atoms with Crippen molar-refractivity contribution < 1.29 is 14.6 Å². The van der Waals surface area contributed by atoms with Gasteiger partial charge in [0.05, 0.1) is 43.6 Å². The molecule has 0 saturated carbocycles. The van der Waals surface area contributed by atoms with E-state index in [0.29, 0.717) is 19.0 Å². The molecule has 1 saturated heterocycles. The number of ether oxygens (including phenoxy) is 1. The van der Waals surface area contributed by atoms with Crippen LogP contribution in [0.15, 0.2) is 24.5 Å². The number of aromatic nitrogens is 4. The minimum Gasteiger partial charge on any atom is -0.495 e. The number of fused-ring (bicyclic) bond motifs is 2. The molecular weight excluding hydrogens is 434 g/mol. The molecule has 2 aromatic heterocycles. The third-order valence-electron chi connectivity index (χ3n) is 6.82. The summed E-state index contributed by atoms with van der Waals surface area (Å²) in [6.45, 7) is 5.57. The zero-order chi connectivity index (χ0) is 23.7. The number of carbonyl (C=O) groups is 1. The molecule has 3 aromatic rings. The first-order valence-corrected chi connectivity index (χ1v) is 11.8. The van der Waals surface area contributed by atoms with Crippen LogP contribution in [-0.4, -0.2) is 80.0 Å². The number of rotatable bonds is 7. The van der Waals surface area contributed by atoms with E-state index in [0.717, 1.165) is 61.4 Å². The zero-order valence-corrected chi connectivity index (χ0v) is 19.7. The molecule has 2 N–H and O–H groups in total. The molecular formula is C24H31N7O3. The average Bonchev–Trinajstić information content (AvgIpc) is 3.46. The first-order chi connectivity index (χ1) is 16.6. The van der Waals surface area contributed by atoms with Crippen LogP contribution >= 0.6 is 0 Å². The molecule has 0 radical (unpaired) electrons. The molecule has 4 heterocycles. The van der Waals surface area contributed by atoms with Crippen LogP contribution in [0.4, 0.5) is 11.6 Å². The molecule has 5 rings (SSSR count). The molecule has 1 atom stereocenters. The highest BCUT2D eigenvalue weighted by atomic mass is 16.5. The first kappa shape index (κ1) is 22.5. The van der Waals surface area contributed by atoms with Crippen LogP contribution < -0.4 is 10.1 Å². The van der Waals surface area contributed by atoms with Crippen LogP contribution in [-0.2, 0) is 24.3 Å². The number of nitrogens with one attached hydrogen (secondary N) is 1. The number of aliphatic hydroxyl groups excluding tert-OH is 1. The summed E-state index contributed by atoms with van der Waals surface area (Å²) in [7, 11) is 1.66. The summed E-state index contributed by atoms with van der Waals surface area (Å²) in [5.74, 6) is 1.31. The van der Waals surface area contributed by atoms with Crippen molar-refractivity contribution >= 4 is 28.6 Å². The van der Waals surface area contributed by atoms with Gasteiger partial charge in [0.2, 0.25) is 11.9 Å². The van der Waals surface area contributed by atoms with E-state index in [4.69, 9.17) is 9.72 Å². The maximum Gasteiger partial charge on any atom is 0.229 e. The van der Waals surface area contributed by atoms with Gasteiger partial charge in [0.1, 0.15) is 5.75 Å². The fraction of sp³-hybridized carbons (Fsp3) is 0.500. The Balaban J connectivity index is 1.40. The summed E-state index contributed by atoms with van der Waals surface area (Å²) in [5.41, 5.74) is 4.01. The number of β-amino-alcohol motifs (C(OH)–C–C–N with tert-alkyl or cyclic N) is 1. The number of methoxy groups -OCH3 is 1. The summed E-state index contributed by atoms with van der Waals surface area (Å²) >= 11 is 0. The SMILES string of the molecule is COc1cc2c(cc1Nc1ncc3cnn(C[C@@H]4CCCN4C(C)=O)c3n1)CN(CCO)CC2. The average molecular weight is 466 g/mol. The summed E-state index contributed by atoms with van der Waals surface area (Å²) in [5, 5.41) is 18.0. The molecule has 1 aromatic carbocycles. The van der Waals surface area contributed by atoms with Crippen LogP contribution in [0, 0.1) is 0 Å². The van der Waals surface area contributed by atoms with Crippen molar-refractivity contribution in [2.75, 3.05) is 38.7 Å². The van der Waals surface area contributed by atoms with E-state index in [1.165, 1.54) is 11.1 Å². The van der Waals surface area contributed by atoms with Gasteiger partial charge < -0.3 is 20.1 Å². The molecule has 1 amide bonds. The Bertz CT molecular complexity index is 1190. The molecule has 2 aliphatic rings. The fourth-order valence-corrected chi connectivity index (χ4v) is 5.06. The predicted molar refractivity (Wildman–Crippen MR) is 128 cm³/mol. The monoisotopic (exact) mass is 465 g/mol. The lowest BCUT2D eigenvalue weighted by Gasteiger charge is -2.29. The molecule has 10 heteroatoms. The van der Waals surface area contributed by atoms with Crippen molar-refractivity contribution in [3.63, 3.8) is 0 Å². The van der Waals surface area contributed by atoms with Gasteiger partial charge in [-0.15, -0.1) is 0 Å². The van der Waals surface area contributed by atoms with Gasteiger partial charge in [0.25, 0.3) is 0 Å². The van der Waals surface area contributed by atoms with Crippen LogP contribution in [0.3, 0.4) is 0 Å². The first-order valence-electron chi connectivity index (χ1n) is 11.8. The number of carbonyl (C=O) groups excluding carboxylic acids is 1. The molecule has 180 valence electrons. The fourth-order valence-electron chi connectivity index (χ4n) is 5.06. The Hall–Kier alpha value is -3.24. The quantitative estimate of drug-likeness (QED) is 0.545. The number of hydrogen-bond acceptors (Lipinski definition) is 8. The van der Waals surface area contributed by atoms with Gasteiger partial charge in [-0.05, 0) is 42.5 Å². The highest BCUT2D eigenvalue weighted by Crippen LogP contribution is 2.33. The van der Waals surface area contributed by atoms with Gasteiger partial charge in [-0.25, -0.2) is 9.67 Å². The van der Waals surface area contributed by atoms with Gasteiger partial charge >= 0.3 is 0 Å². The van der Waals surface area contributed by atoms with Gasteiger partial charge in [-0.2, -0.15) is 10.1 Å². The van der Waals surface area contributed by atoms with E-state index in [9.17, 15) is 9.90 Å². The van der Waals surface area contributed by atoms with Crippen molar-refractivity contribution in [3.05, 3.63) is 35.7 Å². The maximum absolute atomic E-state index is 12.0. The number of hydrogen-bond donors (Lipinski definition) is 2. The van der Waals surface area contributed by atoms with Crippen LogP contribution in [0.5, 0.6) is 5.75 Å². The number of aliphatic hydroxyl groups is 1. The molecule has 0 aliphatic carbocycles. The summed E-state index contributed by atoms with van der Waals surface area (Å²) in [6, 6.07) is 4.30. The summed E-state index contributed by atoms with van der Waals surface area (Å²) in [6.07, 6.45) is 6.43. The summed E-state index contributed by atoms with van der Waals surface area (Å²) < 4.78 is 7.52. The van der Waals surface area contributed by atoms with Crippen molar-refractivity contribution in [2.24, 2.45) is 0 Å². The van der Waals surface area contributed by atoms with E-state index in [1.807, 2.05) is 9.58 Å². The van der Waals surface area contributed by atoms with Gasteiger partial charge in [-0.1, -0.05) is 0 Å². The smallest absolute Gasteiger partial charge is 0.229 e. The molecule has 34 heavy (non-hydrogen) atoms. The molecule has 0 unspecified atom stereocenters. The highest BCUT2D eigenvalue weighted by Gasteiger charge is 2.27. The summed E-state index contributed by atoms with van der Waals surface area (Å²) in [4.78, 5) is 25.4. The van der Waals surface area contributed by atoms with Gasteiger partial charge in [-0.3, -0.25) is 9.69 Å². The largest absolute Gasteiger partial charge is 0.495 e. The lowest BCUT2D eigenvalue weighted by atomic mass is 9.98. The third kappa shape index (κ3) is 4.43. The Morgan fingerprint density at radius 3 is 2.94 bits per heavy atom. The van der Waals surface area contributed by atoms with E-state index in [2.05, 4.69) is 32.4 Å². The highest BCUT2D eigenvalue weighted by molar-refractivity contribution is 5.76. The second-order valence-corrected chi connectivity index (χ2v) is 9.00. The second kappa shape index (κ2) is 9.55. The van der Waals surface area contributed by atoms with E-state index in [1.54, 1.807) is 26.4 Å². The molecule has 1 fully saturated rings. The van der Waals surface area contributed by atoms with Crippen molar-refractivity contribution in [2.45, 2.75) is 45.3 Å².